The van der Waals surface area contributed by atoms with Crippen LogP contribution in [0.2, 0.25) is 0 Å². The largest absolute Gasteiger partial charge is 0.497 e. The van der Waals surface area contributed by atoms with Gasteiger partial charge in [-0.2, -0.15) is 0 Å². The van der Waals surface area contributed by atoms with Crippen molar-refractivity contribution in [2.75, 3.05) is 7.11 Å². The molecule has 0 bridgehead atoms. The molecule has 104 valence electrons. The molecule has 3 aromatic rings. The molecule has 0 atom stereocenters. The highest BCUT2D eigenvalue weighted by Gasteiger charge is 2.08. The Morgan fingerprint density at radius 1 is 1.05 bits per heavy atom. The van der Waals surface area contributed by atoms with Crippen molar-refractivity contribution in [2.45, 2.75) is 0 Å². The van der Waals surface area contributed by atoms with Crippen molar-refractivity contribution in [3.63, 3.8) is 0 Å². The molecule has 4 heteroatoms. The van der Waals surface area contributed by atoms with Gasteiger partial charge in [0.25, 0.3) is 5.56 Å². The van der Waals surface area contributed by atoms with E-state index in [0.717, 1.165) is 5.69 Å². The number of hydrogen-bond donors (Lipinski definition) is 0. The lowest BCUT2D eigenvalue weighted by Crippen LogP contribution is -2.19. The molecule has 0 spiro atoms. The molecule has 2 heterocycles. The lowest BCUT2D eigenvalue weighted by atomic mass is 10.2. The van der Waals surface area contributed by atoms with E-state index in [1.165, 1.54) is 0 Å². The highest BCUT2D eigenvalue weighted by Crippen LogP contribution is 2.17. The lowest BCUT2D eigenvalue weighted by molar-refractivity contribution is 0.414. The van der Waals surface area contributed by atoms with Crippen molar-refractivity contribution in [1.82, 2.24) is 9.55 Å². The Labute approximate surface area is 122 Å². The van der Waals surface area contributed by atoms with Crippen LogP contribution >= 0.6 is 0 Å². The van der Waals surface area contributed by atoms with E-state index < -0.39 is 0 Å². The number of pyridine rings is 2. The number of benzene rings is 1. The molecule has 1 aromatic carbocycles. The molecule has 0 aliphatic rings. The fourth-order valence-corrected chi connectivity index (χ4v) is 2.17. The van der Waals surface area contributed by atoms with Gasteiger partial charge in [0.1, 0.15) is 5.75 Å². The molecule has 3 rings (SSSR count). The lowest BCUT2D eigenvalue weighted by Gasteiger charge is -2.09. The number of aromatic nitrogens is 2. The number of rotatable bonds is 3. The van der Waals surface area contributed by atoms with Crippen LogP contribution in [0.25, 0.3) is 16.9 Å². The molecule has 0 aliphatic heterocycles. The molecule has 2 aromatic heterocycles. The predicted molar refractivity (Wildman–Crippen MR) is 81.8 cm³/mol. The van der Waals surface area contributed by atoms with Crippen LogP contribution in [0.4, 0.5) is 0 Å². The van der Waals surface area contributed by atoms with Gasteiger partial charge in [0, 0.05) is 18.5 Å². The average Bonchev–Trinajstić information content (AvgIpc) is 2.56. The average molecular weight is 278 g/mol. The molecule has 0 saturated heterocycles. The van der Waals surface area contributed by atoms with Gasteiger partial charge in [0.15, 0.2) is 0 Å². The molecule has 0 unspecified atom stereocenters. The van der Waals surface area contributed by atoms with Crippen LogP contribution in [-0.2, 0) is 0 Å². The summed E-state index contributed by atoms with van der Waals surface area (Å²) in [5, 5.41) is 0. The van der Waals surface area contributed by atoms with Gasteiger partial charge in [-0.25, -0.2) is 0 Å². The van der Waals surface area contributed by atoms with Crippen LogP contribution in [0.15, 0.2) is 71.8 Å². The molecular weight excluding hydrogens is 264 g/mol. The van der Waals surface area contributed by atoms with E-state index in [0.29, 0.717) is 17.0 Å². The van der Waals surface area contributed by atoms with Crippen LogP contribution < -0.4 is 10.3 Å². The minimum atomic E-state index is -0.107. The third-order valence-electron chi connectivity index (χ3n) is 3.22. The summed E-state index contributed by atoms with van der Waals surface area (Å²) in [4.78, 5) is 16.9. The van der Waals surface area contributed by atoms with E-state index in [-0.39, 0.29) is 5.56 Å². The summed E-state index contributed by atoms with van der Waals surface area (Å²) in [6.45, 7) is 0. The first-order valence-corrected chi connectivity index (χ1v) is 6.57. The maximum absolute atomic E-state index is 12.7. The Morgan fingerprint density at radius 3 is 2.71 bits per heavy atom. The van der Waals surface area contributed by atoms with Gasteiger partial charge in [-0.3, -0.25) is 14.3 Å². The van der Waals surface area contributed by atoms with E-state index >= 15 is 0 Å². The zero-order valence-corrected chi connectivity index (χ0v) is 11.6. The van der Waals surface area contributed by atoms with Gasteiger partial charge in [-0.05, 0) is 36.4 Å². The Morgan fingerprint density at radius 2 is 1.95 bits per heavy atom. The van der Waals surface area contributed by atoms with Crippen molar-refractivity contribution in [3.8, 4) is 22.7 Å². The van der Waals surface area contributed by atoms with E-state index in [9.17, 15) is 4.79 Å². The van der Waals surface area contributed by atoms with Crippen LogP contribution in [0.5, 0.6) is 5.75 Å². The molecule has 0 amide bonds. The number of nitrogens with zero attached hydrogens (tertiary/aromatic N) is 2. The van der Waals surface area contributed by atoms with Gasteiger partial charge in [-0.15, -0.1) is 0 Å². The van der Waals surface area contributed by atoms with Gasteiger partial charge in [0.2, 0.25) is 0 Å². The Kier molecular flexibility index (Phi) is 3.51. The maximum atomic E-state index is 12.7. The highest BCUT2D eigenvalue weighted by atomic mass is 16.5. The molecule has 4 nitrogen and oxygen atoms in total. The summed E-state index contributed by atoms with van der Waals surface area (Å²) in [5.41, 5.74) is 1.89. The molecule has 0 radical (unpaired) electrons. The Hall–Kier alpha value is -2.88. The SMILES string of the molecule is COc1cccc(-n2cccc(-c3ccccn3)c2=O)c1. The third kappa shape index (κ3) is 2.56. The van der Waals surface area contributed by atoms with Gasteiger partial charge >= 0.3 is 0 Å². The van der Waals surface area contributed by atoms with Crippen LogP contribution in [0, 0.1) is 0 Å². The van der Waals surface area contributed by atoms with Gasteiger partial charge in [0.05, 0.1) is 24.1 Å². The second-order valence-corrected chi connectivity index (χ2v) is 4.51. The minimum absolute atomic E-state index is 0.107. The Bertz CT molecular complexity index is 810. The van der Waals surface area contributed by atoms with Gasteiger partial charge in [-0.1, -0.05) is 12.1 Å². The summed E-state index contributed by atoms with van der Waals surface area (Å²) in [6, 6.07) is 16.5. The maximum Gasteiger partial charge on any atom is 0.264 e. The fraction of sp³-hybridized carbons (Fsp3) is 0.0588. The molecule has 21 heavy (non-hydrogen) atoms. The highest BCUT2D eigenvalue weighted by molar-refractivity contribution is 5.58. The predicted octanol–water partition coefficient (Wildman–Crippen LogP) is 2.91. The summed E-state index contributed by atoms with van der Waals surface area (Å²) in [6.07, 6.45) is 3.42. The van der Waals surface area contributed by atoms with Crippen molar-refractivity contribution in [1.29, 1.82) is 0 Å². The van der Waals surface area contributed by atoms with Gasteiger partial charge < -0.3 is 4.74 Å². The van der Waals surface area contributed by atoms with Crippen LogP contribution in [0.1, 0.15) is 0 Å². The van der Waals surface area contributed by atoms with E-state index in [4.69, 9.17) is 4.74 Å². The first kappa shape index (κ1) is 13.1. The summed E-state index contributed by atoms with van der Waals surface area (Å²) in [7, 11) is 1.60. The quantitative estimate of drug-likeness (QED) is 0.740. The first-order valence-electron chi connectivity index (χ1n) is 6.57. The summed E-state index contributed by atoms with van der Waals surface area (Å²) in [5.74, 6) is 0.711. The standard InChI is InChI=1S/C17H14N2O2/c1-21-14-7-4-6-13(12-14)19-11-5-8-15(17(19)20)16-9-2-3-10-18-16/h2-12H,1H3. The number of ether oxygens (including phenoxy) is 1. The number of hydrogen-bond acceptors (Lipinski definition) is 3. The van der Waals surface area contributed by atoms with Crippen molar-refractivity contribution >= 4 is 0 Å². The van der Waals surface area contributed by atoms with Crippen molar-refractivity contribution in [2.24, 2.45) is 0 Å². The number of methoxy groups -OCH3 is 1. The Balaban J connectivity index is 2.15. The second kappa shape index (κ2) is 5.63. The second-order valence-electron chi connectivity index (χ2n) is 4.51. The third-order valence-corrected chi connectivity index (χ3v) is 3.22. The van der Waals surface area contributed by atoms with E-state index in [2.05, 4.69) is 4.98 Å². The first-order chi connectivity index (χ1) is 10.3. The normalized spacial score (nSPS) is 10.3. The van der Waals surface area contributed by atoms with Crippen LogP contribution in [-0.4, -0.2) is 16.7 Å². The van der Waals surface area contributed by atoms with E-state index in [1.54, 1.807) is 30.1 Å². The zero-order chi connectivity index (χ0) is 14.7. The molecule has 0 aliphatic carbocycles. The van der Waals surface area contributed by atoms with Crippen molar-refractivity contribution in [3.05, 3.63) is 77.3 Å². The molecule has 0 N–H and O–H groups in total. The fourth-order valence-electron chi connectivity index (χ4n) is 2.17. The molecule has 0 saturated carbocycles. The van der Waals surface area contributed by atoms with Crippen molar-refractivity contribution < 1.29 is 4.74 Å². The summed E-state index contributed by atoms with van der Waals surface area (Å²) >= 11 is 0. The minimum Gasteiger partial charge on any atom is -0.497 e. The molecule has 0 fully saturated rings. The topological polar surface area (TPSA) is 44.1 Å². The summed E-state index contributed by atoms with van der Waals surface area (Å²) < 4.78 is 6.79. The smallest absolute Gasteiger partial charge is 0.264 e. The van der Waals surface area contributed by atoms with E-state index in [1.807, 2.05) is 48.5 Å². The van der Waals surface area contributed by atoms with Crippen LogP contribution in [0.3, 0.4) is 0 Å². The molecular formula is C17H14N2O2. The zero-order valence-electron chi connectivity index (χ0n) is 11.6. The monoisotopic (exact) mass is 278 g/mol.